The quantitative estimate of drug-likeness (QED) is 0.886. The van der Waals surface area contributed by atoms with Gasteiger partial charge in [0.15, 0.2) is 0 Å². The van der Waals surface area contributed by atoms with E-state index >= 15 is 0 Å². The van der Waals surface area contributed by atoms with Crippen LogP contribution in [0.4, 0.5) is 0 Å². The summed E-state index contributed by atoms with van der Waals surface area (Å²) < 4.78 is 0. The highest BCUT2D eigenvalue weighted by Crippen LogP contribution is 2.30. The molecule has 1 aromatic carbocycles. The van der Waals surface area contributed by atoms with Crippen LogP contribution in [0.15, 0.2) is 18.2 Å². The number of fused-ring (bicyclic) bond motifs is 1. The third kappa shape index (κ3) is 3.32. The van der Waals surface area contributed by atoms with E-state index in [4.69, 9.17) is 0 Å². The van der Waals surface area contributed by atoms with Crippen LogP contribution in [0.25, 0.3) is 11.0 Å². The molecule has 1 aliphatic heterocycles. The highest BCUT2D eigenvalue weighted by Gasteiger charge is 2.33. The average Bonchev–Trinajstić information content (AvgIpc) is 3.03. The Kier molecular flexibility index (Phi) is 4.66. The van der Waals surface area contributed by atoms with Gasteiger partial charge in [0.1, 0.15) is 5.82 Å². The first-order valence-corrected chi connectivity index (χ1v) is 9.62. The van der Waals surface area contributed by atoms with Crippen molar-refractivity contribution < 1.29 is 9.59 Å². The molecule has 2 aliphatic rings. The average molecular weight is 354 g/mol. The van der Waals surface area contributed by atoms with Gasteiger partial charge in [-0.15, -0.1) is 0 Å². The fraction of sp³-hybridized carbons (Fsp3) is 0.550. The highest BCUT2D eigenvalue weighted by atomic mass is 16.2. The van der Waals surface area contributed by atoms with E-state index in [1.54, 1.807) is 0 Å². The van der Waals surface area contributed by atoms with E-state index in [0.717, 1.165) is 48.1 Å². The third-order valence-corrected chi connectivity index (χ3v) is 5.83. The van der Waals surface area contributed by atoms with Gasteiger partial charge in [-0.25, -0.2) is 4.98 Å². The van der Waals surface area contributed by atoms with Gasteiger partial charge in [-0.3, -0.25) is 9.59 Å². The lowest BCUT2D eigenvalue weighted by atomic mass is 9.83. The summed E-state index contributed by atoms with van der Waals surface area (Å²) in [5.41, 5.74) is 3.08. The molecule has 26 heavy (non-hydrogen) atoms. The van der Waals surface area contributed by atoms with Crippen LogP contribution in [0.5, 0.6) is 0 Å². The zero-order chi connectivity index (χ0) is 18.1. The van der Waals surface area contributed by atoms with Gasteiger partial charge in [0.05, 0.1) is 17.6 Å². The maximum Gasteiger partial charge on any atom is 0.225 e. The molecule has 0 unspecified atom stereocenters. The molecule has 0 bridgehead atoms. The van der Waals surface area contributed by atoms with Crippen molar-refractivity contribution in [1.29, 1.82) is 0 Å². The number of aryl methyl sites for hydroxylation is 1. The first-order chi connectivity index (χ1) is 12.6. The van der Waals surface area contributed by atoms with Gasteiger partial charge in [0, 0.05) is 24.9 Å². The predicted octanol–water partition coefficient (Wildman–Crippen LogP) is 2.53. The van der Waals surface area contributed by atoms with Crippen molar-refractivity contribution in [2.75, 3.05) is 13.1 Å². The van der Waals surface area contributed by atoms with Crippen LogP contribution in [-0.2, 0) is 16.1 Å². The number of carbonyl (C=O) groups excluding carboxylic acids is 2. The summed E-state index contributed by atoms with van der Waals surface area (Å²) in [6.45, 7) is 3.85. The maximum atomic E-state index is 12.5. The molecular weight excluding hydrogens is 328 g/mol. The van der Waals surface area contributed by atoms with Crippen LogP contribution >= 0.6 is 0 Å². The molecule has 6 nitrogen and oxygen atoms in total. The number of piperidine rings is 1. The first kappa shape index (κ1) is 17.1. The maximum absolute atomic E-state index is 12.5. The molecule has 0 radical (unpaired) electrons. The number of H-pyrrole nitrogens is 1. The Balaban J connectivity index is 1.28. The number of nitrogens with one attached hydrogen (secondary N) is 2. The number of amides is 2. The lowest BCUT2D eigenvalue weighted by Gasteiger charge is -2.36. The Bertz CT molecular complexity index is 816. The normalized spacial score (nSPS) is 18.7. The standard InChI is InChI=1S/C20H26N4O2/c1-13-4-2-7-16-18(13)23-17(22-16)12-21-19(25)14-8-10-24(11-9-14)20(26)15-5-3-6-15/h2,4,7,14-15H,3,5-6,8-12H2,1H3,(H,21,25)(H,22,23). The number of imidazole rings is 1. The van der Waals surface area contributed by atoms with E-state index in [1.807, 2.05) is 30.0 Å². The van der Waals surface area contributed by atoms with Crippen molar-refractivity contribution in [3.63, 3.8) is 0 Å². The van der Waals surface area contributed by atoms with E-state index in [-0.39, 0.29) is 17.7 Å². The largest absolute Gasteiger partial charge is 0.349 e. The van der Waals surface area contributed by atoms with Gasteiger partial charge in [0.2, 0.25) is 11.8 Å². The van der Waals surface area contributed by atoms with Gasteiger partial charge >= 0.3 is 0 Å². The van der Waals surface area contributed by atoms with E-state index < -0.39 is 0 Å². The van der Waals surface area contributed by atoms with Gasteiger partial charge in [-0.1, -0.05) is 18.6 Å². The number of hydrogen-bond acceptors (Lipinski definition) is 3. The number of likely N-dealkylation sites (tertiary alicyclic amines) is 1. The molecule has 0 spiro atoms. The number of benzene rings is 1. The van der Waals surface area contributed by atoms with Crippen LogP contribution in [0.3, 0.4) is 0 Å². The van der Waals surface area contributed by atoms with E-state index in [0.29, 0.717) is 25.5 Å². The molecule has 1 saturated carbocycles. The van der Waals surface area contributed by atoms with Gasteiger partial charge in [-0.2, -0.15) is 0 Å². The molecule has 6 heteroatoms. The second kappa shape index (κ2) is 7.09. The number of hydrogen-bond donors (Lipinski definition) is 2. The molecule has 4 rings (SSSR count). The first-order valence-electron chi connectivity index (χ1n) is 9.62. The van der Waals surface area contributed by atoms with E-state index in [2.05, 4.69) is 15.3 Å². The number of rotatable bonds is 4. The Morgan fingerprint density at radius 3 is 2.62 bits per heavy atom. The summed E-state index contributed by atoms with van der Waals surface area (Å²) in [7, 11) is 0. The number of nitrogens with zero attached hydrogens (tertiary/aromatic N) is 2. The second-order valence-corrected chi connectivity index (χ2v) is 7.60. The van der Waals surface area contributed by atoms with Crippen LogP contribution in [0.1, 0.15) is 43.5 Å². The van der Waals surface area contributed by atoms with E-state index in [9.17, 15) is 9.59 Å². The molecule has 1 aliphatic carbocycles. The number of carbonyl (C=O) groups is 2. The molecule has 2 fully saturated rings. The summed E-state index contributed by atoms with van der Waals surface area (Å²) >= 11 is 0. The molecular formula is C20H26N4O2. The van der Waals surface area contributed by atoms with Gasteiger partial charge in [0.25, 0.3) is 0 Å². The minimum Gasteiger partial charge on any atom is -0.349 e. The predicted molar refractivity (Wildman–Crippen MR) is 99.3 cm³/mol. The van der Waals surface area contributed by atoms with Crippen molar-refractivity contribution in [3.8, 4) is 0 Å². The number of para-hydroxylation sites is 1. The SMILES string of the molecule is Cc1cccc2[nH]c(CNC(=O)C3CCN(C(=O)C4CCC4)CC3)nc12. The van der Waals surface area contributed by atoms with Crippen molar-refractivity contribution in [2.45, 2.75) is 45.6 Å². The summed E-state index contributed by atoms with van der Waals surface area (Å²) in [5.74, 6) is 1.38. The third-order valence-electron chi connectivity index (χ3n) is 5.83. The topological polar surface area (TPSA) is 78.1 Å². The fourth-order valence-corrected chi connectivity index (χ4v) is 3.90. The van der Waals surface area contributed by atoms with Crippen LogP contribution in [-0.4, -0.2) is 39.8 Å². The van der Waals surface area contributed by atoms with Crippen LogP contribution in [0, 0.1) is 18.8 Å². The summed E-state index contributed by atoms with van der Waals surface area (Å²) in [5, 5.41) is 3.00. The van der Waals surface area contributed by atoms with Crippen molar-refractivity contribution in [1.82, 2.24) is 20.2 Å². The Labute approximate surface area is 153 Å². The minimum atomic E-state index is -0.00782. The minimum absolute atomic E-state index is 0.00782. The molecule has 1 saturated heterocycles. The lowest BCUT2D eigenvalue weighted by molar-refractivity contribution is -0.141. The molecule has 2 N–H and O–H groups in total. The second-order valence-electron chi connectivity index (χ2n) is 7.60. The summed E-state index contributed by atoms with van der Waals surface area (Å²) in [4.78, 5) is 34.6. The highest BCUT2D eigenvalue weighted by molar-refractivity contribution is 5.82. The van der Waals surface area contributed by atoms with Crippen molar-refractivity contribution >= 4 is 22.8 Å². The molecule has 2 heterocycles. The number of aromatic nitrogens is 2. The lowest BCUT2D eigenvalue weighted by Crippen LogP contribution is -2.46. The Hall–Kier alpha value is -2.37. The zero-order valence-corrected chi connectivity index (χ0v) is 15.3. The molecule has 0 atom stereocenters. The van der Waals surface area contributed by atoms with E-state index in [1.165, 1.54) is 6.42 Å². The smallest absolute Gasteiger partial charge is 0.225 e. The molecule has 2 amide bonds. The number of aromatic amines is 1. The summed E-state index contributed by atoms with van der Waals surface area (Å²) in [6, 6.07) is 6.02. The fourth-order valence-electron chi connectivity index (χ4n) is 3.90. The van der Waals surface area contributed by atoms with Crippen molar-refractivity contribution in [3.05, 3.63) is 29.6 Å². The molecule has 1 aromatic heterocycles. The van der Waals surface area contributed by atoms with Gasteiger partial charge < -0.3 is 15.2 Å². The molecule has 138 valence electrons. The van der Waals surface area contributed by atoms with Crippen LogP contribution in [0.2, 0.25) is 0 Å². The monoisotopic (exact) mass is 354 g/mol. The molecule has 2 aromatic rings. The van der Waals surface area contributed by atoms with Gasteiger partial charge in [-0.05, 0) is 44.2 Å². The Morgan fingerprint density at radius 1 is 1.19 bits per heavy atom. The summed E-state index contributed by atoms with van der Waals surface area (Å²) in [6.07, 6.45) is 4.76. The van der Waals surface area contributed by atoms with Crippen molar-refractivity contribution in [2.24, 2.45) is 11.8 Å². The zero-order valence-electron chi connectivity index (χ0n) is 15.3. The Morgan fingerprint density at radius 2 is 1.96 bits per heavy atom. The van der Waals surface area contributed by atoms with Crippen LogP contribution < -0.4 is 5.32 Å².